The smallest absolute Gasteiger partial charge is 0.258 e. The molecule has 2 rings (SSSR count). The monoisotopic (exact) mass is 244 g/mol. The van der Waals surface area contributed by atoms with Crippen LogP contribution in [0.1, 0.15) is 23.6 Å². The van der Waals surface area contributed by atoms with Gasteiger partial charge in [0.25, 0.3) is 5.56 Å². The highest BCUT2D eigenvalue weighted by atomic mass is 16.3. The number of rotatable bonds is 2. The molecule has 94 valence electrons. The minimum Gasteiger partial charge on any atom is -0.493 e. The summed E-state index contributed by atoms with van der Waals surface area (Å²) in [4.78, 5) is 18.5. The van der Waals surface area contributed by atoms with Crippen LogP contribution in [0, 0.1) is 13.8 Å². The molecule has 0 aliphatic rings. The molecule has 0 spiro atoms. The highest BCUT2D eigenvalue weighted by molar-refractivity contribution is 5.58. The van der Waals surface area contributed by atoms with Crippen molar-refractivity contribution in [1.29, 1.82) is 0 Å². The number of aromatic nitrogens is 2. The van der Waals surface area contributed by atoms with Gasteiger partial charge in [-0.15, -0.1) is 0 Å². The molecular weight excluding hydrogens is 228 g/mol. The van der Waals surface area contributed by atoms with Crippen LogP contribution in [0.2, 0.25) is 0 Å². The highest BCUT2D eigenvalue weighted by Crippen LogP contribution is 2.20. The van der Waals surface area contributed by atoms with Crippen molar-refractivity contribution in [3.8, 4) is 17.3 Å². The lowest BCUT2D eigenvalue weighted by atomic mass is 10.1. The molecule has 18 heavy (non-hydrogen) atoms. The topological polar surface area (TPSA) is 66.0 Å². The largest absolute Gasteiger partial charge is 0.493 e. The summed E-state index contributed by atoms with van der Waals surface area (Å²) in [5.41, 5.74) is 3.03. The zero-order chi connectivity index (χ0) is 13.3. The van der Waals surface area contributed by atoms with Crippen LogP contribution >= 0.6 is 0 Å². The molecule has 2 aromatic rings. The molecule has 0 saturated carbocycles. The average Bonchev–Trinajstić information content (AvgIpc) is 2.27. The molecule has 0 bridgehead atoms. The summed E-state index contributed by atoms with van der Waals surface area (Å²) in [6.07, 6.45) is 0.460. The lowest BCUT2D eigenvalue weighted by molar-refractivity contribution is 0.444. The first kappa shape index (κ1) is 12.4. The molecule has 0 aliphatic carbocycles. The number of hydrogen-bond acceptors (Lipinski definition) is 3. The highest BCUT2D eigenvalue weighted by Gasteiger charge is 2.10. The lowest BCUT2D eigenvalue weighted by Gasteiger charge is -2.06. The summed E-state index contributed by atoms with van der Waals surface area (Å²) in [6, 6.07) is 5.90. The van der Waals surface area contributed by atoms with Gasteiger partial charge >= 0.3 is 0 Å². The first-order valence-electron chi connectivity index (χ1n) is 5.92. The third-order valence-corrected chi connectivity index (χ3v) is 2.84. The molecule has 0 atom stereocenters. The standard InChI is InChI=1S/C14H16N2O2/c1-4-11-13(17)15-12(16-14(11)18)10-6-8(2)5-9(3)7-10/h5-7H,4H2,1-3H3,(H2,15,16,17,18). The molecule has 4 nitrogen and oxygen atoms in total. The Morgan fingerprint density at radius 2 is 1.83 bits per heavy atom. The fourth-order valence-electron chi connectivity index (χ4n) is 2.05. The fraction of sp³-hybridized carbons (Fsp3) is 0.286. The second-order valence-corrected chi connectivity index (χ2v) is 4.45. The summed E-state index contributed by atoms with van der Waals surface area (Å²) < 4.78 is 0. The third-order valence-electron chi connectivity index (χ3n) is 2.84. The molecular formula is C14H16N2O2. The van der Waals surface area contributed by atoms with E-state index in [0.29, 0.717) is 17.8 Å². The van der Waals surface area contributed by atoms with Crippen molar-refractivity contribution in [2.24, 2.45) is 0 Å². The van der Waals surface area contributed by atoms with E-state index in [1.165, 1.54) is 0 Å². The number of benzene rings is 1. The SMILES string of the molecule is CCc1c(O)nc(-c2cc(C)cc(C)c2)[nH]c1=O. The number of aryl methyl sites for hydroxylation is 2. The van der Waals surface area contributed by atoms with Crippen LogP contribution < -0.4 is 5.56 Å². The Hall–Kier alpha value is -2.10. The molecule has 4 heteroatoms. The van der Waals surface area contributed by atoms with Crippen LogP contribution in [0.3, 0.4) is 0 Å². The number of nitrogens with one attached hydrogen (secondary N) is 1. The Morgan fingerprint density at radius 3 is 2.33 bits per heavy atom. The van der Waals surface area contributed by atoms with Gasteiger partial charge in [-0.3, -0.25) is 4.79 Å². The van der Waals surface area contributed by atoms with Gasteiger partial charge in [-0.2, -0.15) is 4.98 Å². The van der Waals surface area contributed by atoms with Crippen LogP contribution in [-0.4, -0.2) is 15.1 Å². The van der Waals surface area contributed by atoms with Gasteiger partial charge in [-0.05, 0) is 32.4 Å². The van der Waals surface area contributed by atoms with Gasteiger partial charge in [0.1, 0.15) is 5.82 Å². The zero-order valence-electron chi connectivity index (χ0n) is 10.7. The zero-order valence-corrected chi connectivity index (χ0v) is 10.7. The van der Waals surface area contributed by atoms with E-state index >= 15 is 0 Å². The molecule has 0 radical (unpaired) electrons. The van der Waals surface area contributed by atoms with Crippen LogP contribution in [0.5, 0.6) is 5.88 Å². The number of H-pyrrole nitrogens is 1. The summed E-state index contributed by atoms with van der Waals surface area (Å²) in [7, 11) is 0. The minimum atomic E-state index is -0.279. The molecule has 1 aromatic heterocycles. The van der Waals surface area contributed by atoms with Crippen LogP contribution in [0.15, 0.2) is 23.0 Å². The number of aromatic hydroxyl groups is 1. The molecule has 0 aliphatic heterocycles. The van der Waals surface area contributed by atoms with Crippen LogP contribution in [-0.2, 0) is 6.42 Å². The Balaban J connectivity index is 2.61. The average molecular weight is 244 g/mol. The summed E-state index contributed by atoms with van der Waals surface area (Å²) >= 11 is 0. The Kier molecular flexibility index (Phi) is 3.19. The Bertz CT molecular complexity index is 624. The molecule has 2 N–H and O–H groups in total. The van der Waals surface area contributed by atoms with Crippen molar-refractivity contribution in [2.75, 3.05) is 0 Å². The number of hydrogen-bond donors (Lipinski definition) is 2. The van der Waals surface area contributed by atoms with E-state index in [4.69, 9.17) is 0 Å². The van der Waals surface area contributed by atoms with Crippen LogP contribution in [0.4, 0.5) is 0 Å². The van der Waals surface area contributed by atoms with Gasteiger partial charge in [-0.25, -0.2) is 0 Å². The normalized spacial score (nSPS) is 10.6. The molecule has 1 heterocycles. The van der Waals surface area contributed by atoms with E-state index in [2.05, 4.69) is 9.97 Å². The maximum Gasteiger partial charge on any atom is 0.258 e. The second kappa shape index (κ2) is 4.64. The van der Waals surface area contributed by atoms with Crippen molar-refractivity contribution >= 4 is 0 Å². The summed E-state index contributed by atoms with van der Waals surface area (Å²) in [5, 5.41) is 9.74. The summed E-state index contributed by atoms with van der Waals surface area (Å²) in [5.74, 6) is 0.219. The maximum atomic E-state index is 11.8. The lowest BCUT2D eigenvalue weighted by Crippen LogP contribution is -2.14. The quantitative estimate of drug-likeness (QED) is 0.852. The predicted molar refractivity (Wildman–Crippen MR) is 70.8 cm³/mol. The maximum absolute atomic E-state index is 11.8. The van der Waals surface area contributed by atoms with E-state index in [9.17, 15) is 9.90 Å². The van der Waals surface area contributed by atoms with Crippen molar-refractivity contribution in [3.63, 3.8) is 0 Å². The fourth-order valence-corrected chi connectivity index (χ4v) is 2.05. The van der Waals surface area contributed by atoms with E-state index in [-0.39, 0.29) is 11.4 Å². The molecule has 0 amide bonds. The van der Waals surface area contributed by atoms with Crippen molar-refractivity contribution < 1.29 is 5.11 Å². The summed E-state index contributed by atoms with van der Waals surface area (Å²) in [6.45, 7) is 5.77. The number of nitrogens with zero attached hydrogens (tertiary/aromatic N) is 1. The minimum absolute atomic E-state index is 0.185. The van der Waals surface area contributed by atoms with Gasteiger partial charge in [-0.1, -0.05) is 24.1 Å². The van der Waals surface area contributed by atoms with E-state index in [1.54, 1.807) is 0 Å². The second-order valence-electron chi connectivity index (χ2n) is 4.45. The first-order chi connectivity index (χ1) is 8.51. The van der Waals surface area contributed by atoms with Gasteiger partial charge in [0, 0.05) is 5.56 Å². The van der Waals surface area contributed by atoms with Gasteiger partial charge in [0.15, 0.2) is 0 Å². The third kappa shape index (κ3) is 2.27. The molecule has 1 aromatic carbocycles. The van der Waals surface area contributed by atoms with Crippen LogP contribution in [0.25, 0.3) is 11.4 Å². The Morgan fingerprint density at radius 1 is 1.22 bits per heavy atom. The van der Waals surface area contributed by atoms with Crippen molar-refractivity contribution in [3.05, 3.63) is 45.2 Å². The van der Waals surface area contributed by atoms with E-state index in [0.717, 1.165) is 16.7 Å². The number of aromatic amines is 1. The van der Waals surface area contributed by atoms with Gasteiger partial charge < -0.3 is 10.1 Å². The van der Waals surface area contributed by atoms with Crippen molar-refractivity contribution in [1.82, 2.24) is 9.97 Å². The first-order valence-corrected chi connectivity index (χ1v) is 5.92. The Labute approximate surface area is 105 Å². The van der Waals surface area contributed by atoms with Gasteiger partial charge in [0.05, 0.1) is 5.56 Å². The molecule has 0 saturated heterocycles. The predicted octanol–water partition coefficient (Wildman–Crippen LogP) is 2.32. The molecule has 0 fully saturated rings. The van der Waals surface area contributed by atoms with Crippen molar-refractivity contribution in [2.45, 2.75) is 27.2 Å². The molecule has 0 unspecified atom stereocenters. The van der Waals surface area contributed by atoms with E-state index in [1.807, 2.05) is 39.0 Å². The van der Waals surface area contributed by atoms with Gasteiger partial charge in [0.2, 0.25) is 5.88 Å². The van der Waals surface area contributed by atoms with E-state index < -0.39 is 0 Å².